The smallest absolute Gasteiger partial charge is 0.163 e. The van der Waals surface area contributed by atoms with E-state index in [0.29, 0.717) is 11.5 Å². The average molecular weight is 293 g/mol. The fourth-order valence-electron chi connectivity index (χ4n) is 2.49. The van der Waals surface area contributed by atoms with Crippen molar-refractivity contribution in [1.82, 2.24) is 9.55 Å². The maximum Gasteiger partial charge on any atom is 0.163 e. The summed E-state index contributed by atoms with van der Waals surface area (Å²) in [6, 6.07) is 15.7. The van der Waals surface area contributed by atoms with E-state index in [-0.39, 0.29) is 6.54 Å². The number of imidazole rings is 1. The van der Waals surface area contributed by atoms with Crippen LogP contribution in [0.25, 0.3) is 22.4 Å². The Hall–Kier alpha value is -3.00. The summed E-state index contributed by atoms with van der Waals surface area (Å²) in [4.78, 5) is 4.66. The Morgan fingerprint density at radius 3 is 2.41 bits per heavy atom. The molecule has 0 aliphatic rings. The summed E-state index contributed by atoms with van der Waals surface area (Å²) in [5.74, 6) is 2.00. The number of ether oxygens (including phenoxy) is 2. The maximum atomic E-state index is 9.14. The average Bonchev–Trinajstić information content (AvgIpc) is 2.92. The molecular weight excluding hydrogens is 278 g/mol. The van der Waals surface area contributed by atoms with Crippen molar-refractivity contribution in [3.8, 4) is 29.0 Å². The first-order chi connectivity index (χ1) is 10.8. The van der Waals surface area contributed by atoms with Crippen molar-refractivity contribution in [1.29, 1.82) is 5.26 Å². The van der Waals surface area contributed by atoms with Crippen LogP contribution in [0.5, 0.6) is 11.5 Å². The SMILES string of the molecule is COc1cc2nc(-c3ccccc3)n(CC#N)c2cc1OC. The minimum Gasteiger partial charge on any atom is -0.493 e. The van der Waals surface area contributed by atoms with Crippen LogP contribution < -0.4 is 9.47 Å². The van der Waals surface area contributed by atoms with Crippen LogP contribution >= 0.6 is 0 Å². The molecule has 0 bridgehead atoms. The first-order valence-corrected chi connectivity index (χ1v) is 6.83. The molecule has 1 aromatic heterocycles. The van der Waals surface area contributed by atoms with Gasteiger partial charge >= 0.3 is 0 Å². The molecule has 0 radical (unpaired) electrons. The Morgan fingerprint density at radius 1 is 1.09 bits per heavy atom. The van der Waals surface area contributed by atoms with Crippen molar-refractivity contribution in [3.63, 3.8) is 0 Å². The van der Waals surface area contributed by atoms with Gasteiger partial charge in [0.25, 0.3) is 0 Å². The Kier molecular flexibility index (Phi) is 3.67. The molecule has 1 heterocycles. The number of nitrogens with zero attached hydrogens (tertiary/aromatic N) is 3. The fourth-order valence-corrected chi connectivity index (χ4v) is 2.49. The van der Waals surface area contributed by atoms with Crippen LogP contribution in [0.15, 0.2) is 42.5 Å². The summed E-state index contributed by atoms with van der Waals surface area (Å²) in [6.07, 6.45) is 0. The Morgan fingerprint density at radius 2 is 1.77 bits per heavy atom. The van der Waals surface area contributed by atoms with Gasteiger partial charge in [0.15, 0.2) is 11.5 Å². The number of fused-ring (bicyclic) bond motifs is 1. The number of benzene rings is 2. The Labute approximate surface area is 128 Å². The van der Waals surface area contributed by atoms with Gasteiger partial charge in [-0.15, -0.1) is 0 Å². The molecule has 5 nitrogen and oxygen atoms in total. The molecule has 2 aromatic carbocycles. The lowest BCUT2D eigenvalue weighted by atomic mass is 10.2. The second-order valence-electron chi connectivity index (χ2n) is 4.74. The number of hydrogen-bond donors (Lipinski definition) is 0. The van der Waals surface area contributed by atoms with E-state index in [1.165, 1.54) is 0 Å². The third-order valence-corrected chi connectivity index (χ3v) is 3.51. The van der Waals surface area contributed by atoms with Gasteiger partial charge in [-0.1, -0.05) is 30.3 Å². The molecule has 0 amide bonds. The van der Waals surface area contributed by atoms with Crippen molar-refractivity contribution in [2.24, 2.45) is 0 Å². The molecule has 0 aliphatic carbocycles. The van der Waals surface area contributed by atoms with Gasteiger partial charge in [-0.2, -0.15) is 5.26 Å². The van der Waals surface area contributed by atoms with E-state index in [9.17, 15) is 0 Å². The zero-order valence-corrected chi connectivity index (χ0v) is 12.4. The molecule has 0 aliphatic heterocycles. The van der Waals surface area contributed by atoms with Crippen LogP contribution in [-0.2, 0) is 6.54 Å². The normalized spacial score (nSPS) is 10.4. The van der Waals surface area contributed by atoms with E-state index in [4.69, 9.17) is 14.7 Å². The van der Waals surface area contributed by atoms with E-state index in [1.54, 1.807) is 14.2 Å². The van der Waals surface area contributed by atoms with Crippen LogP contribution in [-0.4, -0.2) is 23.8 Å². The van der Waals surface area contributed by atoms with E-state index >= 15 is 0 Å². The minimum absolute atomic E-state index is 0.218. The minimum atomic E-state index is 0.218. The number of rotatable bonds is 4. The molecule has 0 spiro atoms. The molecule has 0 N–H and O–H groups in total. The molecule has 110 valence electrons. The van der Waals surface area contributed by atoms with Crippen molar-refractivity contribution < 1.29 is 9.47 Å². The monoisotopic (exact) mass is 293 g/mol. The van der Waals surface area contributed by atoms with Gasteiger partial charge in [-0.05, 0) is 0 Å². The standard InChI is InChI=1S/C17H15N3O2/c1-21-15-10-13-14(11-16(15)22-2)20(9-8-18)17(19-13)12-6-4-3-5-7-12/h3-7,10-11H,9H2,1-2H3. The van der Waals surface area contributed by atoms with Crippen molar-refractivity contribution in [3.05, 3.63) is 42.5 Å². The maximum absolute atomic E-state index is 9.14. The summed E-state index contributed by atoms with van der Waals surface area (Å²) in [5.41, 5.74) is 2.58. The van der Waals surface area contributed by atoms with Gasteiger partial charge in [-0.3, -0.25) is 0 Å². The lowest BCUT2D eigenvalue weighted by Crippen LogP contribution is -1.99. The summed E-state index contributed by atoms with van der Waals surface area (Å²) >= 11 is 0. The second kappa shape index (κ2) is 5.78. The van der Waals surface area contributed by atoms with E-state index in [2.05, 4.69) is 11.1 Å². The van der Waals surface area contributed by atoms with Gasteiger partial charge in [0.1, 0.15) is 12.4 Å². The highest BCUT2D eigenvalue weighted by Gasteiger charge is 2.16. The largest absolute Gasteiger partial charge is 0.493 e. The molecular formula is C17H15N3O2. The van der Waals surface area contributed by atoms with Gasteiger partial charge in [-0.25, -0.2) is 4.98 Å². The molecule has 22 heavy (non-hydrogen) atoms. The molecule has 3 aromatic rings. The van der Waals surface area contributed by atoms with Gasteiger partial charge in [0, 0.05) is 17.7 Å². The molecule has 0 unspecified atom stereocenters. The fraction of sp³-hybridized carbons (Fsp3) is 0.176. The Balaban J connectivity index is 2.29. The third-order valence-electron chi connectivity index (χ3n) is 3.51. The highest BCUT2D eigenvalue weighted by Crippen LogP contribution is 2.34. The predicted molar refractivity (Wildman–Crippen MR) is 83.9 cm³/mol. The summed E-state index contributed by atoms with van der Waals surface area (Å²) in [7, 11) is 3.18. The van der Waals surface area contributed by atoms with Crippen LogP contribution in [0.2, 0.25) is 0 Å². The molecule has 0 atom stereocenters. The van der Waals surface area contributed by atoms with E-state index in [0.717, 1.165) is 22.4 Å². The van der Waals surface area contributed by atoms with Gasteiger partial charge < -0.3 is 14.0 Å². The molecule has 0 saturated heterocycles. The molecule has 3 rings (SSSR count). The lowest BCUT2D eigenvalue weighted by molar-refractivity contribution is 0.355. The number of aromatic nitrogens is 2. The van der Waals surface area contributed by atoms with Crippen LogP contribution in [0.4, 0.5) is 0 Å². The zero-order chi connectivity index (χ0) is 15.5. The number of methoxy groups -OCH3 is 2. The van der Waals surface area contributed by atoms with Crippen LogP contribution in [0.3, 0.4) is 0 Å². The zero-order valence-electron chi connectivity index (χ0n) is 12.4. The first-order valence-electron chi connectivity index (χ1n) is 6.83. The van der Waals surface area contributed by atoms with E-state index < -0.39 is 0 Å². The van der Waals surface area contributed by atoms with Gasteiger partial charge in [0.05, 0.1) is 31.3 Å². The van der Waals surface area contributed by atoms with Crippen molar-refractivity contribution in [2.45, 2.75) is 6.54 Å². The van der Waals surface area contributed by atoms with E-state index in [1.807, 2.05) is 47.0 Å². The highest BCUT2D eigenvalue weighted by atomic mass is 16.5. The third kappa shape index (κ3) is 2.25. The van der Waals surface area contributed by atoms with Crippen LogP contribution in [0.1, 0.15) is 0 Å². The quantitative estimate of drug-likeness (QED) is 0.741. The predicted octanol–water partition coefficient (Wildman–Crippen LogP) is 3.24. The van der Waals surface area contributed by atoms with Crippen molar-refractivity contribution in [2.75, 3.05) is 14.2 Å². The number of hydrogen-bond acceptors (Lipinski definition) is 4. The highest BCUT2D eigenvalue weighted by molar-refractivity contribution is 5.84. The molecule has 5 heteroatoms. The Bertz CT molecular complexity index is 848. The van der Waals surface area contributed by atoms with Gasteiger partial charge in [0.2, 0.25) is 0 Å². The summed E-state index contributed by atoms with van der Waals surface area (Å²) in [5, 5.41) is 9.14. The number of nitriles is 1. The molecule has 0 fully saturated rings. The second-order valence-corrected chi connectivity index (χ2v) is 4.74. The van der Waals surface area contributed by atoms with Crippen molar-refractivity contribution >= 4 is 11.0 Å². The van der Waals surface area contributed by atoms with Crippen LogP contribution in [0, 0.1) is 11.3 Å². The summed E-state index contributed by atoms with van der Waals surface area (Å²) in [6.45, 7) is 0.218. The molecule has 0 saturated carbocycles. The topological polar surface area (TPSA) is 60.1 Å². The first kappa shape index (κ1) is 14.0. The lowest BCUT2D eigenvalue weighted by Gasteiger charge is -2.08. The summed E-state index contributed by atoms with van der Waals surface area (Å²) < 4.78 is 12.5.